The standard InChI is InChI=1S/C31H36FN3O5S/c1-18(2)41(38,39)35-16-19(3)30-25(28(36)11-9-23-29(40-7)12-20(4)33-31(23)37)14-22(15-27(30)35)24-13-21(17-34(5)6)8-10-26(24)32/h8,10,12-16,18H,9,11,17H2,1-7H3,(H,33,37). The van der Waals surface area contributed by atoms with Crippen molar-refractivity contribution in [3.63, 3.8) is 0 Å². The molecule has 0 atom stereocenters. The molecule has 4 aromatic rings. The van der Waals surface area contributed by atoms with Gasteiger partial charge in [0.25, 0.3) is 5.56 Å². The average molecular weight is 582 g/mol. The van der Waals surface area contributed by atoms with E-state index in [4.69, 9.17) is 4.74 Å². The second kappa shape index (κ2) is 11.6. The third-order valence-corrected chi connectivity index (χ3v) is 9.16. The molecule has 0 bridgehead atoms. The lowest BCUT2D eigenvalue weighted by molar-refractivity contribution is 0.0984. The Balaban J connectivity index is 1.91. The molecule has 0 fully saturated rings. The first kappa shape index (κ1) is 30.2. The van der Waals surface area contributed by atoms with Crippen LogP contribution >= 0.6 is 0 Å². The van der Waals surface area contributed by atoms with Crippen LogP contribution in [0.2, 0.25) is 0 Å². The molecule has 2 aromatic carbocycles. The molecular formula is C31H36FN3O5S. The van der Waals surface area contributed by atoms with E-state index in [0.29, 0.717) is 45.6 Å². The van der Waals surface area contributed by atoms with E-state index in [1.54, 1.807) is 58.0 Å². The van der Waals surface area contributed by atoms with Crippen LogP contribution in [0.3, 0.4) is 0 Å². The Kier molecular flexibility index (Phi) is 8.56. The summed E-state index contributed by atoms with van der Waals surface area (Å²) in [5.41, 5.74) is 3.35. The van der Waals surface area contributed by atoms with Crippen molar-refractivity contribution in [3.05, 3.63) is 86.7 Å². The Labute approximate surface area is 239 Å². The van der Waals surface area contributed by atoms with Crippen LogP contribution in [-0.2, 0) is 23.0 Å². The highest BCUT2D eigenvalue weighted by Crippen LogP contribution is 2.35. The summed E-state index contributed by atoms with van der Waals surface area (Å²) in [5.74, 6) is -0.391. The number of H-pyrrole nitrogens is 1. The number of nitrogens with zero attached hydrogens (tertiary/aromatic N) is 2. The molecule has 0 aliphatic rings. The van der Waals surface area contributed by atoms with Gasteiger partial charge in [0.05, 0.1) is 23.4 Å². The molecular weight excluding hydrogens is 545 g/mol. The van der Waals surface area contributed by atoms with Gasteiger partial charge in [0.2, 0.25) is 10.0 Å². The summed E-state index contributed by atoms with van der Waals surface area (Å²) in [5, 5.41) is -0.237. The maximum Gasteiger partial charge on any atom is 0.255 e. The molecule has 0 saturated carbocycles. The molecule has 4 rings (SSSR count). The number of fused-ring (bicyclic) bond motifs is 1. The van der Waals surface area contributed by atoms with Crippen LogP contribution in [0.25, 0.3) is 22.0 Å². The fourth-order valence-corrected chi connectivity index (χ4v) is 6.25. The van der Waals surface area contributed by atoms with E-state index in [0.717, 1.165) is 5.56 Å². The molecule has 2 aromatic heterocycles. The molecule has 0 spiro atoms. The summed E-state index contributed by atoms with van der Waals surface area (Å²) in [6, 6.07) is 9.75. The molecule has 41 heavy (non-hydrogen) atoms. The molecule has 0 aliphatic heterocycles. The summed E-state index contributed by atoms with van der Waals surface area (Å²) in [4.78, 5) is 31.2. The van der Waals surface area contributed by atoms with E-state index in [-0.39, 0.29) is 35.3 Å². The van der Waals surface area contributed by atoms with Crippen molar-refractivity contribution in [2.24, 2.45) is 0 Å². The highest BCUT2D eigenvalue weighted by molar-refractivity contribution is 7.90. The maximum atomic E-state index is 15.2. The van der Waals surface area contributed by atoms with Crippen molar-refractivity contribution < 1.29 is 22.3 Å². The monoisotopic (exact) mass is 581 g/mol. The minimum atomic E-state index is -3.79. The van der Waals surface area contributed by atoms with Crippen LogP contribution in [0.5, 0.6) is 5.75 Å². The minimum Gasteiger partial charge on any atom is -0.496 e. The second-order valence-electron chi connectivity index (χ2n) is 10.9. The number of rotatable bonds is 10. The van der Waals surface area contributed by atoms with E-state index in [9.17, 15) is 18.0 Å². The Morgan fingerprint density at radius 2 is 1.83 bits per heavy atom. The fourth-order valence-electron chi connectivity index (χ4n) is 5.07. The number of hydrogen-bond acceptors (Lipinski definition) is 6. The van der Waals surface area contributed by atoms with Crippen LogP contribution < -0.4 is 10.3 Å². The number of nitrogens with one attached hydrogen (secondary N) is 1. The normalized spacial score (nSPS) is 12.0. The largest absolute Gasteiger partial charge is 0.496 e. The van der Waals surface area contributed by atoms with Crippen molar-refractivity contribution in [2.45, 2.75) is 52.3 Å². The maximum absolute atomic E-state index is 15.2. The number of pyridine rings is 1. The Bertz CT molecular complexity index is 1800. The Hall–Kier alpha value is -3.76. The number of halogens is 1. The molecule has 0 saturated heterocycles. The number of aromatic nitrogens is 2. The van der Waals surface area contributed by atoms with Gasteiger partial charge in [0, 0.05) is 41.4 Å². The summed E-state index contributed by atoms with van der Waals surface area (Å²) >= 11 is 0. The van der Waals surface area contributed by atoms with Crippen molar-refractivity contribution in [3.8, 4) is 16.9 Å². The number of benzene rings is 2. The van der Waals surface area contributed by atoms with Gasteiger partial charge in [0.1, 0.15) is 11.6 Å². The lowest BCUT2D eigenvalue weighted by Gasteiger charge is -2.15. The number of Topliss-reactive ketones (excluding diaryl/α,β-unsaturated/α-hetero) is 1. The molecule has 0 aliphatic carbocycles. The number of ketones is 1. The Morgan fingerprint density at radius 3 is 2.46 bits per heavy atom. The first-order valence-corrected chi connectivity index (χ1v) is 14.9. The van der Waals surface area contributed by atoms with Gasteiger partial charge in [-0.1, -0.05) is 6.07 Å². The van der Waals surface area contributed by atoms with Crippen molar-refractivity contribution >= 4 is 26.7 Å². The number of carbonyl (C=O) groups excluding carboxylic acids is 1. The number of methoxy groups -OCH3 is 1. The van der Waals surface area contributed by atoms with Gasteiger partial charge in [-0.15, -0.1) is 0 Å². The van der Waals surface area contributed by atoms with E-state index in [1.165, 1.54) is 23.3 Å². The third kappa shape index (κ3) is 5.99. The lowest BCUT2D eigenvalue weighted by atomic mass is 9.93. The molecule has 1 N–H and O–H groups in total. The second-order valence-corrected chi connectivity index (χ2v) is 13.3. The number of carbonyl (C=O) groups is 1. The highest BCUT2D eigenvalue weighted by Gasteiger charge is 2.26. The zero-order chi connectivity index (χ0) is 30.2. The van der Waals surface area contributed by atoms with Crippen LogP contribution in [0.15, 0.2) is 47.4 Å². The topological polar surface area (TPSA) is 101 Å². The van der Waals surface area contributed by atoms with Crippen LogP contribution in [0.1, 0.15) is 53.0 Å². The van der Waals surface area contributed by atoms with E-state index >= 15 is 4.39 Å². The van der Waals surface area contributed by atoms with Crippen LogP contribution in [0.4, 0.5) is 4.39 Å². The predicted octanol–water partition coefficient (Wildman–Crippen LogP) is 5.22. The summed E-state index contributed by atoms with van der Waals surface area (Å²) in [6.07, 6.45) is 1.58. The zero-order valence-electron chi connectivity index (χ0n) is 24.5. The number of aromatic amines is 1. The molecule has 0 unspecified atom stereocenters. The molecule has 0 amide bonds. The SMILES string of the molecule is COc1cc(C)[nH]c(=O)c1CCC(=O)c1cc(-c2cc(CN(C)C)ccc2F)cc2c1c(C)cn2S(=O)(=O)C(C)C. The van der Waals surface area contributed by atoms with Crippen molar-refractivity contribution in [1.29, 1.82) is 0 Å². The van der Waals surface area contributed by atoms with Gasteiger partial charge >= 0.3 is 0 Å². The van der Waals surface area contributed by atoms with Gasteiger partial charge in [0.15, 0.2) is 5.78 Å². The van der Waals surface area contributed by atoms with Gasteiger partial charge in [-0.3, -0.25) is 9.59 Å². The molecule has 2 heterocycles. The zero-order valence-corrected chi connectivity index (χ0v) is 25.3. The average Bonchev–Trinajstić information content (AvgIpc) is 3.24. The molecule has 0 radical (unpaired) electrons. The van der Waals surface area contributed by atoms with Crippen LogP contribution in [0, 0.1) is 19.7 Å². The molecule has 10 heteroatoms. The Morgan fingerprint density at radius 1 is 1.12 bits per heavy atom. The summed E-state index contributed by atoms with van der Waals surface area (Å²) < 4.78 is 48.5. The van der Waals surface area contributed by atoms with Gasteiger partial charge < -0.3 is 14.6 Å². The summed E-state index contributed by atoms with van der Waals surface area (Å²) in [6.45, 7) is 7.24. The minimum absolute atomic E-state index is 0.0360. The quantitative estimate of drug-likeness (QED) is 0.258. The smallest absolute Gasteiger partial charge is 0.255 e. The fraction of sp³-hybridized carbons (Fsp3) is 0.355. The summed E-state index contributed by atoms with van der Waals surface area (Å²) in [7, 11) is 1.49. The van der Waals surface area contributed by atoms with Gasteiger partial charge in [-0.2, -0.15) is 0 Å². The highest BCUT2D eigenvalue weighted by atomic mass is 32.2. The van der Waals surface area contributed by atoms with Crippen LogP contribution in [-0.4, -0.2) is 54.5 Å². The third-order valence-electron chi connectivity index (χ3n) is 7.12. The predicted molar refractivity (Wildman–Crippen MR) is 160 cm³/mol. The molecule has 8 nitrogen and oxygen atoms in total. The molecule has 218 valence electrons. The number of aryl methyl sites for hydroxylation is 2. The van der Waals surface area contributed by atoms with Crippen molar-refractivity contribution in [1.82, 2.24) is 13.9 Å². The first-order chi connectivity index (χ1) is 19.2. The van der Waals surface area contributed by atoms with Gasteiger partial charge in [-0.05, 0) is 95.2 Å². The van der Waals surface area contributed by atoms with Crippen molar-refractivity contribution in [2.75, 3.05) is 21.2 Å². The number of hydrogen-bond donors (Lipinski definition) is 1. The number of ether oxygens (including phenoxy) is 1. The van der Waals surface area contributed by atoms with E-state index in [2.05, 4.69) is 4.98 Å². The first-order valence-electron chi connectivity index (χ1n) is 13.4. The van der Waals surface area contributed by atoms with E-state index in [1.807, 2.05) is 19.0 Å². The lowest BCUT2D eigenvalue weighted by Crippen LogP contribution is -2.21. The van der Waals surface area contributed by atoms with Gasteiger partial charge in [-0.25, -0.2) is 16.8 Å². The van der Waals surface area contributed by atoms with E-state index < -0.39 is 21.1 Å².